The summed E-state index contributed by atoms with van der Waals surface area (Å²) in [6, 6.07) is 11.6. The molecule has 2 aromatic rings. The Balaban J connectivity index is 1.22. The van der Waals surface area contributed by atoms with Crippen LogP contribution >= 0.6 is 0 Å². The van der Waals surface area contributed by atoms with Crippen LogP contribution in [0.1, 0.15) is 5.56 Å². The Kier molecular flexibility index (Phi) is 7.01. The number of aliphatic hydroxyl groups is 1. The molecule has 1 unspecified atom stereocenters. The lowest BCUT2D eigenvalue weighted by Gasteiger charge is -2.35. The number of nitrogens with zero attached hydrogens (tertiary/aromatic N) is 2. The second kappa shape index (κ2) is 10.1. The van der Waals surface area contributed by atoms with Crippen molar-refractivity contribution < 1.29 is 28.8 Å². The van der Waals surface area contributed by atoms with E-state index < -0.39 is 6.10 Å². The van der Waals surface area contributed by atoms with E-state index in [-0.39, 0.29) is 6.61 Å². The van der Waals surface area contributed by atoms with Crippen LogP contribution < -0.4 is 23.7 Å². The first kappa shape index (κ1) is 21.5. The summed E-state index contributed by atoms with van der Waals surface area (Å²) in [5.41, 5.74) is 1.22. The van der Waals surface area contributed by atoms with Crippen LogP contribution in [0.2, 0.25) is 0 Å². The third kappa shape index (κ3) is 5.33. The van der Waals surface area contributed by atoms with Gasteiger partial charge in [0, 0.05) is 39.3 Å². The molecular formula is C23H30N2O6. The number of rotatable bonds is 9. The van der Waals surface area contributed by atoms with Crippen molar-refractivity contribution in [2.24, 2.45) is 0 Å². The molecule has 4 rings (SSSR count). The molecule has 0 amide bonds. The summed E-state index contributed by atoms with van der Waals surface area (Å²) in [4.78, 5) is 4.68. The van der Waals surface area contributed by atoms with Gasteiger partial charge in [0.15, 0.2) is 23.0 Å². The molecule has 1 N–H and O–H groups in total. The normalized spacial score (nSPS) is 17.4. The van der Waals surface area contributed by atoms with Gasteiger partial charge in [-0.05, 0) is 29.8 Å². The van der Waals surface area contributed by atoms with Gasteiger partial charge in [0.25, 0.3) is 0 Å². The fourth-order valence-electron chi connectivity index (χ4n) is 3.92. The number of fused-ring (bicyclic) bond motifs is 1. The van der Waals surface area contributed by atoms with Gasteiger partial charge >= 0.3 is 0 Å². The minimum Gasteiger partial charge on any atom is -0.493 e. The predicted octanol–water partition coefficient (Wildman–Crippen LogP) is 1.99. The first-order valence-corrected chi connectivity index (χ1v) is 10.5. The predicted molar refractivity (Wildman–Crippen MR) is 115 cm³/mol. The van der Waals surface area contributed by atoms with Gasteiger partial charge in [-0.15, -0.1) is 0 Å². The van der Waals surface area contributed by atoms with Crippen molar-refractivity contribution in [2.75, 3.05) is 60.3 Å². The Morgan fingerprint density at radius 2 is 1.61 bits per heavy atom. The highest BCUT2D eigenvalue weighted by atomic mass is 16.7. The molecule has 2 heterocycles. The molecule has 0 aliphatic carbocycles. The topological polar surface area (TPSA) is 72.9 Å². The van der Waals surface area contributed by atoms with Crippen LogP contribution in [0.5, 0.6) is 28.7 Å². The van der Waals surface area contributed by atoms with Gasteiger partial charge in [0.2, 0.25) is 12.5 Å². The van der Waals surface area contributed by atoms with Gasteiger partial charge in [-0.3, -0.25) is 9.80 Å². The molecule has 0 saturated carbocycles. The van der Waals surface area contributed by atoms with Crippen LogP contribution in [0.25, 0.3) is 0 Å². The minimum absolute atomic E-state index is 0.175. The van der Waals surface area contributed by atoms with E-state index in [4.69, 9.17) is 23.7 Å². The van der Waals surface area contributed by atoms with E-state index in [0.717, 1.165) is 44.2 Å². The Morgan fingerprint density at radius 1 is 0.935 bits per heavy atom. The average molecular weight is 431 g/mol. The maximum Gasteiger partial charge on any atom is 0.231 e. The fraction of sp³-hybridized carbons (Fsp3) is 0.478. The van der Waals surface area contributed by atoms with Gasteiger partial charge in [-0.2, -0.15) is 0 Å². The van der Waals surface area contributed by atoms with E-state index >= 15 is 0 Å². The summed E-state index contributed by atoms with van der Waals surface area (Å²) in [5.74, 6) is 3.33. The lowest BCUT2D eigenvalue weighted by molar-refractivity contribution is 0.0434. The molecule has 2 aromatic carbocycles. The maximum atomic E-state index is 10.5. The second-order valence-electron chi connectivity index (χ2n) is 7.72. The van der Waals surface area contributed by atoms with E-state index in [1.54, 1.807) is 14.2 Å². The highest BCUT2D eigenvalue weighted by Crippen LogP contribution is 2.37. The Labute approximate surface area is 182 Å². The number of piperazine rings is 1. The summed E-state index contributed by atoms with van der Waals surface area (Å²) in [7, 11) is 3.17. The van der Waals surface area contributed by atoms with Crippen molar-refractivity contribution in [3.05, 3.63) is 42.0 Å². The lowest BCUT2D eigenvalue weighted by atomic mass is 10.1. The summed E-state index contributed by atoms with van der Waals surface area (Å²) < 4.78 is 27.4. The number of hydrogen-bond donors (Lipinski definition) is 1. The van der Waals surface area contributed by atoms with Crippen LogP contribution in [0.3, 0.4) is 0 Å². The van der Waals surface area contributed by atoms with E-state index in [9.17, 15) is 5.11 Å². The number of benzene rings is 2. The molecule has 0 aromatic heterocycles. The van der Waals surface area contributed by atoms with Crippen LogP contribution in [0.4, 0.5) is 0 Å². The number of β-amino-alcohol motifs (C(OH)–C–C–N with tert-alkyl or cyclic N) is 1. The Morgan fingerprint density at radius 3 is 2.32 bits per heavy atom. The van der Waals surface area contributed by atoms with Crippen LogP contribution in [-0.4, -0.2) is 81.4 Å². The standard InChI is InChI=1S/C23H30N2O6/c1-27-20-4-3-5-21(28-2)23(20)29-15-18(26)14-25-10-8-24(9-11-25)13-17-6-7-19-22(12-17)31-16-30-19/h3-7,12,18,26H,8-11,13-16H2,1-2H3. The molecule has 8 nitrogen and oxygen atoms in total. The van der Waals surface area contributed by atoms with E-state index in [0.29, 0.717) is 30.6 Å². The van der Waals surface area contributed by atoms with E-state index in [1.807, 2.05) is 24.3 Å². The third-order valence-electron chi connectivity index (χ3n) is 5.58. The minimum atomic E-state index is -0.602. The van der Waals surface area contributed by atoms with Crippen LogP contribution in [-0.2, 0) is 6.54 Å². The molecule has 2 aliphatic heterocycles. The number of para-hydroxylation sites is 1. The number of aliphatic hydroxyl groups excluding tert-OH is 1. The number of ether oxygens (including phenoxy) is 5. The van der Waals surface area contributed by atoms with Crippen molar-refractivity contribution in [3.8, 4) is 28.7 Å². The summed E-state index contributed by atoms with van der Waals surface area (Å²) in [6.07, 6.45) is -0.602. The summed E-state index contributed by atoms with van der Waals surface area (Å²) in [5, 5.41) is 10.5. The van der Waals surface area contributed by atoms with Gasteiger partial charge < -0.3 is 28.8 Å². The zero-order valence-corrected chi connectivity index (χ0v) is 18.1. The fourth-order valence-corrected chi connectivity index (χ4v) is 3.92. The monoisotopic (exact) mass is 430 g/mol. The lowest BCUT2D eigenvalue weighted by Crippen LogP contribution is -2.48. The molecule has 1 fully saturated rings. The van der Waals surface area contributed by atoms with Gasteiger partial charge in [0.05, 0.1) is 14.2 Å². The molecule has 0 bridgehead atoms. The molecule has 0 spiro atoms. The first-order chi connectivity index (χ1) is 15.2. The van der Waals surface area contributed by atoms with Gasteiger partial charge in [-0.25, -0.2) is 0 Å². The van der Waals surface area contributed by atoms with Crippen molar-refractivity contribution >= 4 is 0 Å². The largest absolute Gasteiger partial charge is 0.493 e. The highest BCUT2D eigenvalue weighted by Gasteiger charge is 2.21. The molecule has 168 valence electrons. The Bertz CT molecular complexity index is 847. The van der Waals surface area contributed by atoms with Crippen molar-refractivity contribution in [1.82, 2.24) is 9.80 Å². The summed E-state index contributed by atoms with van der Waals surface area (Å²) >= 11 is 0. The summed E-state index contributed by atoms with van der Waals surface area (Å²) in [6.45, 7) is 5.62. The molecule has 8 heteroatoms. The smallest absolute Gasteiger partial charge is 0.231 e. The quantitative estimate of drug-likeness (QED) is 0.648. The van der Waals surface area contributed by atoms with E-state index in [2.05, 4.69) is 21.9 Å². The van der Waals surface area contributed by atoms with Crippen molar-refractivity contribution in [3.63, 3.8) is 0 Å². The van der Waals surface area contributed by atoms with E-state index in [1.165, 1.54) is 5.56 Å². The number of methoxy groups -OCH3 is 2. The molecule has 1 saturated heterocycles. The molecule has 0 radical (unpaired) electrons. The first-order valence-electron chi connectivity index (χ1n) is 10.5. The van der Waals surface area contributed by atoms with Crippen LogP contribution in [0.15, 0.2) is 36.4 Å². The molecule has 2 aliphatic rings. The van der Waals surface area contributed by atoms with Gasteiger partial charge in [-0.1, -0.05) is 12.1 Å². The highest BCUT2D eigenvalue weighted by molar-refractivity contribution is 5.51. The Hall–Kier alpha value is -2.68. The third-order valence-corrected chi connectivity index (χ3v) is 5.58. The average Bonchev–Trinajstić information content (AvgIpc) is 3.26. The zero-order valence-electron chi connectivity index (χ0n) is 18.1. The molecule has 1 atom stereocenters. The van der Waals surface area contributed by atoms with Gasteiger partial charge in [0.1, 0.15) is 12.7 Å². The molecule has 31 heavy (non-hydrogen) atoms. The van der Waals surface area contributed by atoms with Crippen molar-refractivity contribution in [2.45, 2.75) is 12.6 Å². The van der Waals surface area contributed by atoms with Crippen LogP contribution in [0, 0.1) is 0 Å². The molecular weight excluding hydrogens is 400 g/mol. The number of hydrogen-bond acceptors (Lipinski definition) is 8. The maximum absolute atomic E-state index is 10.5. The SMILES string of the molecule is COc1cccc(OC)c1OCC(O)CN1CCN(Cc2ccc3c(c2)OCO3)CC1. The second-order valence-corrected chi connectivity index (χ2v) is 7.72. The van der Waals surface area contributed by atoms with Crippen molar-refractivity contribution in [1.29, 1.82) is 0 Å². The zero-order chi connectivity index (χ0) is 21.6.